The van der Waals surface area contributed by atoms with Gasteiger partial charge in [0.15, 0.2) is 18.1 Å². The molecule has 0 aliphatic rings. The lowest BCUT2D eigenvalue weighted by molar-refractivity contribution is -0.139. The lowest BCUT2D eigenvalue weighted by Crippen LogP contribution is -2.11. The molecule has 0 unspecified atom stereocenters. The molecule has 1 atom stereocenters. The van der Waals surface area contributed by atoms with Crippen LogP contribution in [0.2, 0.25) is 0 Å². The van der Waals surface area contributed by atoms with Crippen molar-refractivity contribution in [3.63, 3.8) is 0 Å². The highest BCUT2D eigenvalue weighted by Crippen LogP contribution is 2.33. The predicted molar refractivity (Wildman–Crippen MR) is 112 cm³/mol. The third-order valence-electron chi connectivity index (χ3n) is 4.52. The Kier molecular flexibility index (Phi) is 7.81. The Bertz CT molecular complexity index is 840. The molecule has 5 heteroatoms. The van der Waals surface area contributed by atoms with Gasteiger partial charge in [-0.1, -0.05) is 32.1 Å². The molecular weight excluding hydrogens is 354 g/mol. The molecule has 28 heavy (non-hydrogen) atoms. The van der Waals surface area contributed by atoms with Gasteiger partial charge >= 0.3 is 5.97 Å². The number of hydrogen-bond donors (Lipinski definition) is 1. The van der Waals surface area contributed by atoms with Gasteiger partial charge in [-0.05, 0) is 54.2 Å². The number of ether oxygens (including phenoxy) is 2. The number of aliphatic imine (C=N–C) groups is 1. The Balaban J connectivity index is 2.29. The van der Waals surface area contributed by atoms with Crippen LogP contribution in [0.1, 0.15) is 42.9 Å². The van der Waals surface area contributed by atoms with E-state index < -0.39 is 12.6 Å². The van der Waals surface area contributed by atoms with Crippen molar-refractivity contribution in [3.05, 3.63) is 65.7 Å². The van der Waals surface area contributed by atoms with Crippen LogP contribution in [0.5, 0.6) is 11.5 Å². The first-order chi connectivity index (χ1) is 13.5. The van der Waals surface area contributed by atoms with Gasteiger partial charge in [0.1, 0.15) is 0 Å². The smallest absolute Gasteiger partial charge is 0.341 e. The van der Waals surface area contributed by atoms with Crippen LogP contribution in [0.15, 0.2) is 54.0 Å². The normalized spacial score (nSPS) is 12.0. The molecule has 5 nitrogen and oxygen atoms in total. The number of nitrogens with zero attached hydrogens (tertiary/aromatic N) is 1. The summed E-state index contributed by atoms with van der Waals surface area (Å²) in [5, 5.41) is 8.89. The van der Waals surface area contributed by atoms with Crippen molar-refractivity contribution in [2.24, 2.45) is 4.99 Å². The fourth-order valence-electron chi connectivity index (χ4n) is 2.79. The van der Waals surface area contributed by atoms with Gasteiger partial charge in [-0.25, -0.2) is 4.79 Å². The van der Waals surface area contributed by atoms with Crippen molar-refractivity contribution < 1.29 is 19.4 Å². The lowest BCUT2D eigenvalue weighted by Gasteiger charge is -2.14. The Morgan fingerprint density at radius 3 is 2.57 bits per heavy atom. The predicted octanol–water partition coefficient (Wildman–Crippen LogP) is 5.15. The quantitative estimate of drug-likeness (QED) is 0.456. The van der Waals surface area contributed by atoms with Crippen molar-refractivity contribution in [2.75, 3.05) is 13.7 Å². The second kappa shape index (κ2) is 10.3. The molecule has 0 heterocycles. The summed E-state index contributed by atoms with van der Waals surface area (Å²) in [6.07, 6.45) is 5.12. The molecule has 2 aromatic carbocycles. The Hall–Kier alpha value is -3.08. The Morgan fingerprint density at radius 2 is 2.00 bits per heavy atom. The molecule has 0 bridgehead atoms. The highest BCUT2D eigenvalue weighted by Gasteiger charge is 2.13. The van der Waals surface area contributed by atoms with Crippen LogP contribution in [0.3, 0.4) is 0 Å². The zero-order valence-electron chi connectivity index (χ0n) is 16.6. The zero-order chi connectivity index (χ0) is 20.5. The van der Waals surface area contributed by atoms with Crippen molar-refractivity contribution >= 4 is 17.9 Å². The molecule has 0 aliphatic carbocycles. The van der Waals surface area contributed by atoms with Gasteiger partial charge < -0.3 is 14.6 Å². The van der Waals surface area contributed by atoms with E-state index in [1.54, 1.807) is 18.4 Å². The minimum absolute atomic E-state index is 0.417. The molecule has 148 valence electrons. The minimum atomic E-state index is -1.04. The van der Waals surface area contributed by atoms with Gasteiger partial charge in [0.05, 0.1) is 12.8 Å². The molecule has 0 saturated heterocycles. The zero-order valence-corrected chi connectivity index (χ0v) is 16.6. The number of benzene rings is 2. The topological polar surface area (TPSA) is 68.1 Å². The fourth-order valence-corrected chi connectivity index (χ4v) is 2.79. The highest BCUT2D eigenvalue weighted by molar-refractivity contribution is 5.84. The van der Waals surface area contributed by atoms with E-state index in [0.29, 0.717) is 23.8 Å². The second-order valence-corrected chi connectivity index (χ2v) is 6.55. The van der Waals surface area contributed by atoms with Gasteiger partial charge in [-0.15, -0.1) is 6.58 Å². The monoisotopic (exact) mass is 381 g/mol. The maximum atomic E-state index is 10.8. The average Bonchev–Trinajstić information content (AvgIpc) is 2.70. The van der Waals surface area contributed by atoms with E-state index in [1.165, 1.54) is 12.7 Å². The fraction of sp³-hybridized carbons (Fsp3) is 0.304. The van der Waals surface area contributed by atoms with Gasteiger partial charge in [0.2, 0.25) is 0 Å². The SMILES string of the molecule is C=CCc1cc(C=Nc2ccc([C@@H](C)CC)cc2)cc(OC)c1OCC(=O)O. The Labute approximate surface area is 166 Å². The van der Waals surface area contributed by atoms with Crippen molar-refractivity contribution in [1.82, 2.24) is 0 Å². The molecule has 0 amide bonds. The van der Waals surface area contributed by atoms with Crippen LogP contribution in [-0.2, 0) is 11.2 Å². The standard InChI is InChI=1S/C23H27NO4/c1-5-7-19-12-17(13-21(27-4)23(19)28-15-22(25)26)14-24-20-10-8-18(9-11-20)16(3)6-2/h5,8-14,16H,1,6-7,15H2,2-4H3,(H,25,26)/t16-/m0/s1. The lowest BCUT2D eigenvalue weighted by atomic mass is 9.99. The summed E-state index contributed by atoms with van der Waals surface area (Å²) >= 11 is 0. The van der Waals surface area contributed by atoms with Crippen LogP contribution in [0.25, 0.3) is 0 Å². The molecule has 0 saturated carbocycles. The third kappa shape index (κ3) is 5.71. The van der Waals surface area contributed by atoms with E-state index in [9.17, 15) is 4.79 Å². The van der Waals surface area contributed by atoms with E-state index in [2.05, 4.69) is 37.6 Å². The summed E-state index contributed by atoms with van der Waals surface area (Å²) in [6.45, 7) is 7.70. The van der Waals surface area contributed by atoms with Crippen LogP contribution in [0, 0.1) is 0 Å². The molecule has 0 aliphatic heterocycles. The largest absolute Gasteiger partial charge is 0.493 e. The van der Waals surface area contributed by atoms with Crippen LogP contribution in [-0.4, -0.2) is 31.0 Å². The van der Waals surface area contributed by atoms with E-state index in [-0.39, 0.29) is 0 Å². The molecule has 2 aromatic rings. The minimum Gasteiger partial charge on any atom is -0.493 e. The van der Waals surface area contributed by atoms with E-state index >= 15 is 0 Å². The summed E-state index contributed by atoms with van der Waals surface area (Å²) < 4.78 is 10.8. The molecule has 1 N–H and O–H groups in total. The number of carboxylic acid groups (broad SMARTS) is 1. The molecule has 0 spiro atoms. The highest BCUT2D eigenvalue weighted by atomic mass is 16.5. The number of aliphatic carboxylic acids is 1. The van der Waals surface area contributed by atoms with Crippen molar-refractivity contribution in [3.8, 4) is 11.5 Å². The molecule has 2 rings (SSSR count). The van der Waals surface area contributed by atoms with Gasteiger partial charge in [0, 0.05) is 11.8 Å². The maximum absolute atomic E-state index is 10.8. The second-order valence-electron chi connectivity index (χ2n) is 6.55. The molecule has 0 radical (unpaired) electrons. The molecule has 0 aromatic heterocycles. The number of methoxy groups -OCH3 is 1. The number of carboxylic acids is 1. The van der Waals surface area contributed by atoms with E-state index in [4.69, 9.17) is 14.6 Å². The molecule has 0 fully saturated rings. The maximum Gasteiger partial charge on any atom is 0.341 e. The first-order valence-corrected chi connectivity index (χ1v) is 9.28. The third-order valence-corrected chi connectivity index (χ3v) is 4.52. The summed E-state index contributed by atoms with van der Waals surface area (Å²) in [5.74, 6) is 0.370. The van der Waals surface area contributed by atoms with Gasteiger partial charge in [0.25, 0.3) is 0 Å². The van der Waals surface area contributed by atoms with E-state index in [1.807, 2.05) is 18.2 Å². The van der Waals surface area contributed by atoms with Gasteiger partial charge in [-0.2, -0.15) is 0 Å². The summed E-state index contributed by atoms with van der Waals surface area (Å²) in [6, 6.07) is 11.9. The van der Waals surface area contributed by atoms with Crippen LogP contribution < -0.4 is 9.47 Å². The van der Waals surface area contributed by atoms with Crippen LogP contribution in [0.4, 0.5) is 5.69 Å². The summed E-state index contributed by atoms with van der Waals surface area (Å²) in [5.41, 5.74) is 3.80. The Morgan fingerprint density at radius 1 is 1.29 bits per heavy atom. The number of hydrogen-bond acceptors (Lipinski definition) is 4. The molecular formula is C23H27NO4. The summed E-state index contributed by atoms with van der Waals surface area (Å²) in [4.78, 5) is 15.4. The van der Waals surface area contributed by atoms with Crippen LogP contribution >= 0.6 is 0 Å². The van der Waals surface area contributed by atoms with E-state index in [0.717, 1.165) is 23.2 Å². The average molecular weight is 381 g/mol. The number of carbonyl (C=O) groups is 1. The number of rotatable bonds is 10. The number of allylic oxidation sites excluding steroid dienone is 1. The summed E-state index contributed by atoms with van der Waals surface area (Å²) in [7, 11) is 1.52. The van der Waals surface area contributed by atoms with Crippen molar-refractivity contribution in [1.29, 1.82) is 0 Å². The first kappa shape index (κ1) is 21.2. The van der Waals surface area contributed by atoms with Crippen molar-refractivity contribution in [2.45, 2.75) is 32.6 Å². The van der Waals surface area contributed by atoms with Gasteiger partial charge in [-0.3, -0.25) is 4.99 Å². The first-order valence-electron chi connectivity index (χ1n) is 9.28.